The Labute approximate surface area is 366 Å². The normalized spacial score (nSPS) is 20.0. The molecule has 62 heavy (non-hydrogen) atoms. The summed E-state index contributed by atoms with van der Waals surface area (Å²) >= 11 is 6.31. The molecule has 1 unspecified atom stereocenters. The van der Waals surface area contributed by atoms with Crippen molar-refractivity contribution in [1.29, 1.82) is 5.26 Å². The number of likely N-dealkylation sites (tertiary alicyclic amines) is 2. The Morgan fingerprint density at radius 2 is 1.63 bits per heavy atom. The number of piperazine rings is 1. The number of fused-ring (bicyclic) bond motifs is 1. The number of aryl methyl sites for hydroxylation is 1. The second-order valence-corrected chi connectivity index (χ2v) is 18.2. The SMILES string of the molecule is Cn1c(=O)n(C2CCC(=O)NC2=O)c2cccc(CN3CC(N4CCC(N5CCN(c6nccc(COc7ccc(C(C)(C)c8cc(Cl)cc(C#N)c8)cc7)n6)CC5)CC4)C3)c21. The van der Waals surface area contributed by atoms with Crippen LogP contribution < -0.4 is 20.6 Å². The smallest absolute Gasteiger partial charge is 0.329 e. The minimum absolute atomic E-state index is 0.226. The van der Waals surface area contributed by atoms with Crippen LogP contribution in [0.5, 0.6) is 5.75 Å². The van der Waals surface area contributed by atoms with Gasteiger partial charge in [-0.15, -0.1) is 0 Å². The lowest BCUT2D eigenvalue weighted by molar-refractivity contribution is -0.135. The molecular weight excluding hydrogens is 804 g/mol. The van der Waals surface area contributed by atoms with E-state index in [1.54, 1.807) is 22.2 Å². The largest absolute Gasteiger partial charge is 0.487 e. The Morgan fingerprint density at radius 1 is 0.887 bits per heavy atom. The van der Waals surface area contributed by atoms with Crippen LogP contribution in [0.2, 0.25) is 5.02 Å². The van der Waals surface area contributed by atoms with Crippen molar-refractivity contribution in [2.45, 2.75) is 76.2 Å². The number of carbonyl (C=O) groups is 2. The Hall–Kier alpha value is -5.59. The van der Waals surface area contributed by atoms with Crippen molar-refractivity contribution in [3.05, 3.63) is 116 Å². The Balaban J connectivity index is 0.724. The second-order valence-electron chi connectivity index (χ2n) is 17.7. The molecule has 0 aliphatic carbocycles. The van der Waals surface area contributed by atoms with Gasteiger partial charge in [0.05, 0.1) is 28.4 Å². The fraction of sp³-hybridized carbons (Fsp3) is 0.447. The third kappa shape index (κ3) is 8.34. The summed E-state index contributed by atoms with van der Waals surface area (Å²) in [5, 5.41) is 12.4. The van der Waals surface area contributed by atoms with Gasteiger partial charge in [-0.1, -0.05) is 49.7 Å². The molecule has 15 heteroatoms. The zero-order valence-corrected chi connectivity index (χ0v) is 36.4. The van der Waals surface area contributed by atoms with Crippen LogP contribution in [0.15, 0.2) is 77.7 Å². The molecule has 6 heterocycles. The molecule has 2 aromatic heterocycles. The molecule has 5 aromatic rings. The Morgan fingerprint density at radius 3 is 2.35 bits per heavy atom. The molecule has 4 fully saturated rings. The first-order chi connectivity index (χ1) is 29.9. The first kappa shape index (κ1) is 41.7. The highest BCUT2D eigenvalue weighted by molar-refractivity contribution is 6.30. The molecule has 4 aliphatic heterocycles. The predicted molar refractivity (Wildman–Crippen MR) is 237 cm³/mol. The number of nitrogens with one attached hydrogen (secondary N) is 1. The van der Waals surface area contributed by atoms with Crippen LogP contribution in [0, 0.1) is 11.3 Å². The average molecular weight is 857 g/mol. The number of halogens is 1. The van der Waals surface area contributed by atoms with Gasteiger partial charge in [0.15, 0.2) is 0 Å². The maximum Gasteiger partial charge on any atom is 0.329 e. The van der Waals surface area contributed by atoms with E-state index in [1.165, 1.54) is 0 Å². The number of imidazole rings is 1. The maximum atomic E-state index is 13.4. The van der Waals surface area contributed by atoms with E-state index in [-0.39, 0.29) is 23.4 Å². The number of benzene rings is 3. The summed E-state index contributed by atoms with van der Waals surface area (Å²) in [6, 6.07) is 24.0. The quantitative estimate of drug-likeness (QED) is 0.179. The summed E-state index contributed by atoms with van der Waals surface area (Å²) in [4.78, 5) is 57.4. The van der Waals surface area contributed by atoms with Crippen molar-refractivity contribution in [2.24, 2.45) is 7.05 Å². The lowest BCUT2D eigenvalue weighted by Gasteiger charge is -2.49. The third-order valence-corrected chi connectivity index (χ3v) is 13.8. The third-order valence-electron chi connectivity index (χ3n) is 13.6. The van der Waals surface area contributed by atoms with E-state index in [9.17, 15) is 19.6 Å². The summed E-state index contributed by atoms with van der Waals surface area (Å²) in [6.45, 7) is 13.3. The molecule has 1 atom stereocenters. The van der Waals surface area contributed by atoms with Crippen LogP contribution in [0.1, 0.15) is 73.5 Å². The molecule has 4 aliphatic rings. The minimum atomic E-state index is -0.683. The maximum absolute atomic E-state index is 13.4. The van der Waals surface area contributed by atoms with Gasteiger partial charge in [-0.2, -0.15) is 5.26 Å². The highest BCUT2D eigenvalue weighted by Gasteiger charge is 2.37. The van der Waals surface area contributed by atoms with Gasteiger partial charge in [0.2, 0.25) is 17.8 Å². The van der Waals surface area contributed by atoms with Crippen LogP contribution in [-0.2, 0) is 35.2 Å². The number of para-hydroxylation sites is 1. The number of carbonyl (C=O) groups excluding carboxylic acids is 2. The number of piperidine rings is 2. The number of aromatic nitrogens is 4. The molecule has 2 amide bonds. The Kier molecular flexibility index (Phi) is 11.6. The van der Waals surface area contributed by atoms with E-state index in [1.807, 2.05) is 48.7 Å². The second kappa shape index (κ2) is 17.3. The van der Waals surface area contributed by atoms with Gasteiger partial charge in [-0.3, -0.25) is 38.7 Å². The summed E-state index contributed by atoms with van der Waals surface area (Å²) in [5.41, 5.74) is 5.54. The minimum Gasteiger partial charge on any atom is -0.487 e. The highest BCUT2D eigenvalue weighted by atomic mass is 35.5. The monoisotopic (exact) mass is 856 g/mol. The van der Waals surface area contributed by atoms with Crippen molar-refractivity contribution >= 4 is 40.4 Å². The zero-order chi connectivity index (χ0) is 43.1. The fourth-order valence-electron chi connectivity index (χ4n) is 9.85. The molecule has 0 radical (unpaired) electrons. The van der Waals surface area contributed by atoms with E-state index in [0.29, 0.717) is 35.7 Å². The van der Waals surface area contributed by atoms with Gasteiger partial charge < -0.3 is 9.64 Å². The topological polar surface area (TPSA) is 145 Å². The van der Waals surface area contributed by atoms with Gasteiger partial charge in [0, 0.05) is 101 Å². The predicted octanol–water partition coefficient (Wildman–Crippen LogP) is 5.01. The van der Waals surface area contributed by atoms with Gasteiger partial charge in [0.1, 0.15) is 18.4 Å². The molecule has 0 saturated carbocycles. The van der Waals surface area contributed by atoms with Gasteiger partial charge in [-0.05, 0) is 78.4 Å². The van der Waals surface area contributed by atoms with Gasteiger partial charge in [0.25, 0.3) is 0 Å². The lowest BCUT2D eigenvalue weighted by atomic mass is 9.78. The molecule has 0 spiro atoms. The molecular formula is C47H53ClN10O4. The number of nitriles is 1. The van der Waals surface area contributed by atoms with E-state index in [4.69, 9.17) is 21.3 Å². The number of hydrogen-bond donors (Lipinski definition) is 1. The van der Waals surface area contributed by atoms with Crippen LogP contribution in [-0.4, -0.2) is 110 Å². The van der Waals surface area contributed by atoms with Crippen LogP contribution in [0.3, 0.4) is 0 Å². The van der Waals surface area contributed by atoms with Crippen molar-refractivity contribution < 1.29 is 14.3 Å². The molecule has 0 bridgehead atoms. The summed E-state index contributed by atoms with van der Waals surface area (Å²) in [5.74, 6) is 0.800. The highest BCUT2D eigenvalue weighted by Crippen LogP contribution is 2.35. The fourth-order valence-corrected chi connectivity index (χ4v) is 10.1. The van der Waals surface area contributed by atoms with Crippen molar-refractivity contribution in [3.8, 4) is 11.8 Å². The first-order valence-corrected chi connectivity index (χ1v) is 22.1. The number of imide groups is 1. The number of hydrogen-bond acceptors (Lipinski definition) is 11. The average Bonchev–Trinajstić information content (AvgIpc) is 3.53. The molecule has 4 saturated heterocycles. The van der Waals surface area contributed by atoms with Gasteiger partial charge in [-0.25, -0.2) is 14.8 Å². The van der Waals surface area contributed by atoms with Crippen molar-refractivity contribution in [2.75, 3.05) is 57.3 Å². The van der Waals surface area contributed by atoms with Gasteiger partial charge >= 0.3 is 5.69 Å². The molecule has 1 N–H and O–H groups in total. The zero-order valence-electron chi connectivity index (χ0n) is 35.6. The molecule has 322 valence electrons. The van der Waals surface area contributed by atoms with E-state index >= 15 is 0 Å². The summed E-state index contributed by atoms with van der Waals surface area (Å²) in [6.07, 6.45) is 4.70. The summed E-state index contributed by atoms with van der Waals surface area (Å²) in [7, 11) is 1.77. The molecule has 3 aromatic carbocycles. The Bertz CT molecular complexity index is 2580. The van der Waals surface area contributed by atoms with Crippen molar-refractivity contribution in [3.63, 3.8) is 0 Å². The molecule has 14 nitrogen and oxygen atoms in total. The van der Waals surface area contributed by atoms with E-state index in [2.05, 4.69) is 68.0 Å². The summed E-state index contributed by atoms with van der Waals surface area (Å²) < 4.78 is 9.37. The molecule has 9 rings (SSSR count). The van der Waals surface area contributed by atoms with E-state index < -0.39 is 11.9 Å². The number of amides is 2. The van der Waals surface area contributed by atoms with Crippen LogP contribution >= 0.6 is 11.6 Å². The van der Waals surface area contributed by atoms with E-state index in [0.717, 1.165) is 117 Å². The first-order valence-electron chi connectivity index (χ1n) is 21.7. The standard InChI is InChI=1S/C47H53ClN10O4/c1-47(2,34-23-31(26-49)24-35(48)25-34)33-7-9-39(10-8-33)62-30-36-13-16-50-45(51-36)57-21-19-56(20-22-57)37-14-17-55(18-15-37)38-28-54(29-38)27-32-5-4-6-40-43(32)53(3)46(61)58(40)41-11-12-42(59)52-44(41)60/h4-10,13,16,23-25,37-38,41H,11-12,14-15,17-22,27-30H2,1-3H3,(H,52,59,60). The van der Waals surface area contributed by atoms with Crippen molar-refractivity contribution in [1.82, 2.24) is 39.1 Å². The number of rotatable bonds is 11. The lowest BCUT2D eigenvalue weighted by Crippen LogP contribution is -2.62. The van der Waals surface area contributed by atoms with Crippen LogP contribution in [0.25, 0.3) is 11.0 Å². The number of nitrogens with zero attached hydrogens (tertiary/aromatic N) is 9. The number of ether oxygens (including phenoxy) is 1. The number of anilines is 1. The van der Waals surface area contributed by atoms with Crippen LogP contribution in [0.4, 0.5) is 5.95 Å².